The first-order valence-corrected chi connectivity index (χ1v) is 11.0. The molecule has 1 aliphatic rings. The van der Waals surface area contributed by atoms with Gasteiger partial charge in [0.25, 0.3) is 0 Å². The van der Waals surface area contributed by atoms with Crippen molar-refractivity contribution in [1.82, 2.24) is 5.16 Å². The molecule has 176 valence electrons. The predicted molar refractivity (Wildman–Crippen MR) is 132 cm³/mol. The predicted octanol–water partition coefficient (Wildman–Crippen LogP) is 4.66. The standard InChI is InChI=1S/C26H28N4O4/c1-15-9-19(12-24(33-4)16(15)2)25-20(14-29-34-25)18-5-6-23(32-3)22(11-18)30-26(31)21(27)10-17-7-8-28-13-17/h5-6,8-9,11-14,21H,7,10,27H2,1-4H3,(H,30,31). The maximum atomic E-state index is 12.8. The van der Waals surface area contributed by atoms with Crippen LogP contribution in [-0.4, -0.2) is 37.5 Å². The lowest BCUT2D eigenvalue weighted by atomic mass is 9.98. The van der Waals surface area contributed by atoms with E-state index in [4.69, 9.17) is 19.7 Å². The second kappa shape index (κ2) is 9.93. The molecular formula is C26H28N4O4. The maximum absolute atomic E-state index is 12.8. The van der Waals surface area contributed by atoms with E-state index in [0.29, 0.717) is 23.6 Å². The van der Waals surface area contributed by atoms with E-state index in [2.05, 4.69) is 15.5 Å². The molecule has 2 heterocycles. The molecule has 0 saturated carbocycles. The number of carbonyl (C=O) groups excluding carboxylic acids is 1. The lowest BCUT2D eigenvalue weighted by Gasteiger charge is -2.16. The number of ether oxygens (including phenoxy) is 2. The Morgan fingerprint density at radius 2 is 1.94 bits per heavy atom. The van der Waals surface area contributed by atoms with Gasteiger partial charge in [-0.1, -0.05) is 11.2 Å². The molecule has 3 N–H and O–H groups in total. The summed E-state index contributed by atoms with van der Waals surface area (Å²) < 4.78 is 16.6. The summed E-state index contributed by atoms with van der Waals surface area (Å²) in [5, 5.41) is 6.93. The number of hydrogen-bond acceptors (Lipinski definition) is 7. The number of aryl methyl sites for hydroxylation is 1. The van der Waals surface area contributed by atoms with E-state index in [0.717, 1.165) is 45.6 Å². The molecule has 34 heavy (non-hydrogen) atoms. The highest BCUT2D eigenvalue weighted by Gasteiger charge is 2.20. The van der Waals surface area contributed by atoms with Gasteiger partial charge in [-0.3, -0.25) is 9.79 Å². The van der Waals surface area contributed by atoms with E-state index in [1.54, 1.807) is 38.9 Å². The molecule has 1 amide bonds. The lowest BCUT2D eigenvalue weighted by molar-refractivity contribution is -0.117. The van der Waals surface area contributed by atoms with Gasteiger partial charge in [0.2, 0.25) is 5.91 Å². The van der Waals surface area contributed by atoms with Gasteiger partial charge in [-0.25, -0.2) is 0 Å². The van der Waals surface area contributed by atoms with Gasteiger partial charge in [0, 0.05) is 30.0 Å². The number of hydrogen-bond donors (Lipinski definition) is 2. The van der Waals surface area contributed by atoms with Crippen LogP contribution < -0.4 is 20.5 Å². The van der Waals surface area contributed by atoms with Crippen LogP contribution in [0.15, 0.2) is 57.8 Å². The van der Waals surface area contributed by atoms with Crippen LogP contribution in [-0.2, 0) is 4.79 Å². The van der Waals surface area contributed by atoms with E-state index in [1.165, 1.54) is 0 Å². The van der Waals surface area contributed by atoms with Crippen LogP contribution in [0.25, 0.3) is 22.5 Å². The van der Waals surface area contributed by atoms with Crippen molar-refractivity contribution < 1.29 is 18.8 Å². The summed E-state index contributed by atoms with van der Waals surface area (Å²) in [6, 6.07) is 8.78. The molecule has 0 bridgehead atoms. The monoisotopic (exact) mass is 460 g/mol. The number of aliphatic imine (C=N–C) groups is 1. The van der Waals surface area contributed by atoms with Crippen LogP contribution in [0, 0.1) is 13.8 Å². The zero-order chi connectivity index (χ0) is 24.2. The van der Waals surface area contributed by atoms with Gasteiger partial charge in [0.15, 0.2) is 5.76 Å². The number of anilines is 1. The highest BCUT2D eigenvalue weighted by Crippen LogP contribution is 2.38. The van der Waals surface area contributed by atoms with Gasteiger partial charge in [-0.2, -0.15) is 0 Å². The number of benzene rings is 2. The summed E-state index contributed by atoms with van der Waals surface area (Å²) in [5.41, 5.74) is 12.3. The molecule has 0 spiro atoms. The van der Waals surface area contributed by atoms with Gasteiger partial charge in [-0.05, 0) is 66.8 Å². The average Bonchev–Trinajstić information content (AvgIpc) is 3.53. The SMILES string of the molecule is COc1ccc(-c2cnoc2-c2cc(C)c(C)c(OC)c2)cc1NC(=O)C(N)CC1=CN=CC1. The molecule has 0 fully saturated rings. The second-order valence-electron chi connectivity index (χ2n) is 8.23. The summed E-state index contributed by atoms with van der Waals surface area (Å²) >= 11 is 0. The number of nitrogens with zero attached hydrogens (tertiary/aromatic N) is 2. The number of nitrogens with two attached hydrogens (primary N) is 1. The van der Waals surface area contributed by atoms with Crippen molar-refractivity contribution in [1.29, 1.82) is 0 Å². The Balaban J connectivity index is 1.64. The molecule has 1 unspecified atom stereocenters. The number of rotatable bonds is 8. The Labute approximate surface area is 198 Å². The number of amides is 1. The van der Waals surface area contributed by atoms with Crippen molar-refractivity contribution in [3.8, 4) is 33.9 Å². The van der Waals surface area contributed by atoms with Crippen LogP contribution in [0.4, 0.5) is 5.69 Å². The van der Waals surface area contributed by atoms with Crippen molar-refractivity contribution in [2.24, 2.45) is 10.7 Å². The second-order valence-corrected chi connectivity index (χ2v) is 8.23. The lowest BCUT2D eigenvalue weighted by Crippen LogP contribution is -2.36. The third-order valence-corrected chi connectivity index (χ3v) is 5.98. The first-order chi connectivity index (χ1) is 16.4. The van der Waals surface area contributed by atoms with Crippen LogP contribution in [0.1, 0.15) is 24.0 Å². The number of carbonyl (C=O) groups is 1. The fourth-order valence-electron chi connectivity index (χ4n) is 3.91. The minimum atomic E-state index is -0.699. The molecule has 8 heteroatoms. The van der Waals surface area contributed by atoms with Crippen LogP contribution in [0.5, 0.6) is 11.5 Å². The van der Waals surface area contributed by atoms with Crippen LogP contribution in [0.3, 0.4) is 0 Å². The van der Waals surface area contributed by atoms with E-state index in [1.807, 2.05) is 38.1 Å². The number of nitrogens with one attached hydrogen (secondary N) is 1. The maximum Gasteiger partial charge on any atom is 0.241 e. The summed E-state index contributed by atoms with van der Waals surface area (Å²) in [5.74, 6) is 1.61. The van der Waals surface area contributed by atoms with Crippen molar-refractivity contribution in [2.75, 3.05) is 19.5 Å². The van der Waals surface area contributed by atoms with E-state index >= 15 is 0 Å². The Bertz CT molecular complexity index is 1280. The van der Waals surface area contributed by atoms with E-state index < -0.39 is 6.04 Å². The average molecular weight is 461 g/mol. The summed E-state index contributed by atoms with van der Waals surface area (Å²) in [6.45, 7) is 4.04. The van der Waals surface area contributed by atoms with Gasteiger partial charge in [0.1, 0.15) is 11.5 Å². The Kier molecular flexibility index (Phi) is 6.79. The molecule has 0 saturated heterocycles. The third kappa shape index (κ3) is 4.72. The Morgan fingerprint density at radius 3 is 2.65 bits per heavy atom. The highest BCUT2D eigenvalue weighted by atomic mass is 16.5. The molecule has 1 aliphatic heterocycles. The van der Waals surface area contributed by atoms with Crippen LogP contribution in [0.2, 0.25) is 0 Å². The molecule has 8 nitrogen and oxygen atoms in total. The zero-order valence-corrected chi connectivity index (χ0v) is 19.7. The smallest absolute Gasteiger partial charge is 0.241 e. The first kappa shape index (κ1) is 23.3. The fourth-order valence-corrected chi connectivity index (χ4v) is 3.91. The number of methoxy groups -OCH3 is 2. The van der Waals surface area contributed by atoms with E-state index in [9.17, 15) is 4.79 Å². The van der Waals surface area contributed by atoms with Crippen molar-refractivity contribution in [3.05, 3.63) is 59.4 Å². The quantitative estimate of drug-likeness (QED) is 0.506. The minimum absolute atomic E-state index is 0.298. The molecular weight excluding hydrogens is 432 g/mol. The topological polar surface area (TPSA) is 112 Å². The Hall–Kier alpha value is -3.91. The molecule has 0 aliphatic carbocycles. The van der Waals surface area contributed by atoms with Gasteiger partial charge in [0.05, 0.1) is 32.1 Å². The minimum Gasteiger partial charge on any atom is -0.496 e. The molecule has 0 radical (unpaired) electrons. The van der Waals surface area contributed by atoms with Crippen molar-refractivity contribution in [2.45, 2.75) is 32.7 Å². The van der Waals surface area contributed by atoms with Crippen molar-refractivity contribution in [3.63, 3.8) is 0 Å². The fraction of sp³-hybridized carbons (Fsp3) is 0.269. The highest BCUT2D eigenvalue weighted by molar-refractivity contribution is 5.97. The molecule has 1 atom stereocenters. The molecule has 1 aromatic heterocycles. The molecule has 4 rings (SSSR count). The summed E-state index contributed by atoms with van der Waals surface area (Å²) in [7, 11) is 3.20. The van der Waals surface area contributed by atoms with Gasteiger partial charge < -0.3 is 25.0 Å². The molecule has 3 aromatic rings. The normalized spacial score (nSPS) is 13.5. The third-order valence-electron chi connectivity index (χ3n) is 5.98. The number of aromatic nitrogens is 1. The van der Waals surface area contributed by atoms with Crippen LogP contribution >= 0.6 is 0 Å². The van der Waals surface area contributed by atoms with Gasteiger partial charge in [-0.15, -0.1) is 0 Å². The summed E-state index contributed by atoms with van der Waals surface area (Å²) in [6.07, 6.45) is 6.37. The van der Waals surface area contributed by atoms with E-state index in [-0.39, 0.29) is 5.91 Å². The Morgan fingerprint density at radius 1 is 1.15 bits per heavy atom. The van der Waals surface area contributed by atoms with Crippen molar-refractivity contribution >= 4 is 17.8 Å². The first-order valence-electron chi connectivity index (χ1n) is 11.0. The molecule has 2 aromatic carbocycles. The van der Waals surface area contributed by atoms with Gasteiger partial charge >= 0.3 is 0 Å². The summed E-state index contributed by atoms with van der Waals surface area (Å²) in [4.78, 5) is 16.9. The zero-order valence-electron chi connectivity index (χ0n) is 19.7. The largest absolute Gasteiger partial charge is 0.496 e.